The summed E-state index contributed by atoms with van der Waals surface area (Å²) in [7, 11) is 6.01. The maximum absolute atomic E-state index is 4.46. The molecule has 0 radical (unpaired) electrons. The molecule has 0 saturated carbocycles. The van der Waals surface area contributed by atoms with E-state index in [1.165, 1.54) is 30.8 Å². The average Bonchev–Trinajstić information content (AvgIpc) is 2.70. The third-order valence-corrected chi connectivity index (χ3v) is 4.85. The van der Waals surface area contributed by atoms with Gasteiger partial charge in [-0.2, -0.15) is 5.10 Å². The smallest absolute Gasteiger partial charge is 0.191 e. The van der Waals surface area contributed by atoms with E-state index >= 15 is 0 Å². The zero-order chi connectivity index (χ0) is 17.5. The molecule has 144 valence electrons. The van der Waals surface area contributed by atoms with Gasteiger partial charge < -0.3 is 20.4 Å². The van der Waals surface area contributed by atoms with E-state index in [9.17, 15) is 0 Å². The minimum atomic E-state index is 0. The molecule has 0 aliphatic carbocycles. The molecule has 0 amide bonds. The van der Waals surface area contributed by atoms with Crippen molar-refractivity contribution in [3.63, 3.8) is 0 Å². The summed E-state index contributed by atoms with van der Waals surface area (Å²) in [4.78, 5) is 9.26. The van der Waals surface area contributed by atoms with Crippen molar-refractivity contribution in [3.05, 3.63) is 17.0 Å². The number of rotatable bonds is 5. The first-order valence-electron chi connectivity index (χ1n) is 8.85. The molecular weight excluding hydrogens is 429 g/mol. The minimum absolute atomic E-state index is 0. The van der Waals surface area contributed by atoms with Crippen LogP contribution in [0.15, 0.2) is 4.99 Å². The first kappa shape index (κ1) is 22.2. The molecule has 0 atom stereocenters. The highest BCUT2D eigenvalue weighted by molar-refractivity contribution is 14.0. The van der Waals surface area contributed by atoms with Gasteiger partial charge in [0, 0.05) is 58.1 Å². The number of nitrogens with one attached hydrogen (secondary N) is 2. The molecule has 0 spiro atoms. The van der Waals surface area contributed by atoms with E-state index in [4.69, 9.17) is 0 Å². The zero-order valence-corrected chi connectivity index (χ0v) is 18.6. The summed E-state index contributed by atoms with van der Waals surface area (Å²) in [5.74, 6) is 0.851. The second kappa shape index (κ2) is 11.0. The van der Waals surface area contributed by atoms with Crippen LogP contribution in [0.25, 0.3) is 0 Å². The highest BCUT2D eigenvalue weighted by Gasteiger charge is 2.12. The summed E-state index contributed by atoms with van der Waals surface area (Å²) in [6.45, 7) is 11.6. The molecule has 7 nitrogen and oxygen atoms in total. The van der Waals surface area contributed by atoms with Crippen LogP contribution in [-0.2, 0) is 13.6 Å². The van der Waals surface area contributed by atoms with E-state index in [-0.39, 0.29) is 24.0 Å². The number of guanidine groups is 1. The van der Waals surface area contributed by atoms with Crippen molar-refractivity contribution >= 4 is 29.9 Å². The van der Waals surface area contributed by atoms with Gasteiger partial charge in [-0.05, 0) is 40.4 Å². The molecule has 2 rings (SSSR count). The number of aromatic nitrogens is 2. The van der Waals surface area contributed by atoms with Crippen LogP contribution >= 0.6 is 24.0 Å². The summed E-state index contributed by atoms with van der Waals surface area (Å²) >= 11 is 0. The van der Waals surface area contributed by atoms with E-state index in [1.807, 2.05) is 18.8 Å². The van der Waals surface area contributed by atoms with Gasteiger partial charge in [-0.1, -0.05) is 0 Å². The summed E-state index contributed by atoms with van der Waals surface area (Å²) in [5, 5.41) is 11.3. The lowest BCUT2D eigenvalue weighted by Gasteiger charge is -2.21. The lowest BCUT2D eigenvalue weighted by Crippen LogP contribution is -2.42. The van der Waals surface area contributed by atoms with Crippen LogP contribution in [0.3, 0.4) is 0 Å². The van der Waals surface area contributed by atoms with E-state index in [1.54, 1.807) is 0 Å². The maximum atomic E-state index is 4.46. The van der Waals surface area contributed by atoms with Crippen molar-refractivity contribution in [2.24, 2.45) is 12.0 Å². The molecule has 1 aliphatic rings. The molecule has 1 aromatic heterocycles. The predicted octanol–water partition coefficient (Wildman–Crippen LogP) is 0.957. The molecular formula is C17H34IN7. The number of aryl methyl sites for hydroxylation is 2. The Balaban J connectivity index is 0.00000312. The summed E-state index contributed by atoms with van der Waals surface area (Å²) in [6, 6.07) is 0. The average molecular weight is 463 g/mol. The van der Waals surface area contributed by atoms with Gasteiger partial charge in [0.1, 0.15) is 0 Å². The third kappa shape index (κ3) is 6.74. The van der Waals surface area contributed by atoms with Crippen LogP contribution in [0.2, 0.25) is 0 Å². The highest BCUT2D eigenvalue weighted by Crippen LogP contribution is 2.10. The number of nitrogens with zero attached hydrogens (tertiary/aromatic N) is 5. The van der Waals surface area contributed by atoms with Crippen LogP contribution in [0.4, 0.5) is 0 Å². The fraction of sp³-hybridized carbons (Fsp3) is 0.765. The van der Waals surface area contributed by atoms with Gasteiger partial charge in [0.2, 0.25) is 0 Å². The molecule has 25 heavy (non-hydrogen) atoms. The van der Waals surface area contributed by atoms with Crippen molar-refractivity contribution in [3.8, 4) is 0 Å². The van der Waals surface area contributed by atoms with Crippen LogP contribution in [0, 0.1) is 13.8 Å². The normalized spacial score (nSPS) is 17.1. The van der Waals surface area contributed by atoms with E-state index < -0.39 is 0 Å². The van der Waals surface area contributed by atoms with E-state index in [2.05, 4.69) is 51.4 Å². The van der Waals surface area contributed by atoms with Gasteiger partial charge in [-0.25, -0.2) is 0 Å². The largest absolute Gasteiger partial charge is 0.355 e. The van der Waals surface area contributed by atoms with Gasteiger partial charge >= 0.3 is 0 Å². The van der Waals surface area contributed by atoms with Crippen molar-refractivity contribution < 1.29 is 0 Å². The molecule has 0 bridgehead atoms. The maximum Gasteiger partial charge on any atom is 0.191 e. The summed E-state index contributed by atoms with van der Waals surface area (Å²) in [6.07, 6.45) is 1.25. The molecule has 2 heterocycles. The SMILES string of the molecule is CN=C(NCCN1CCCN(C)CC1)NCc1c(C)nn(C)c1C.I. The minimum Gasteiger partial charge on any atom is -0.355 e. The number of hydrogen-bond donors (Lipinski definition) is 2. The van der Waals surface area contributed by atoms with Gasteiger partial charge in [-0.15, -0.1) is 24.0 Å². The predicted molar refractivity (Wildman–Crippen MR) is 115 cm³/mol. The second-order valence-electron chi connectivity index (χ2n) is 6.62. The quantitative estimate of drug-likeness (QED) is 0.387. The fourth-order valence-corrected chi connectivity index (χ4v) is 3.12. The molecule has 1 fully saturated rings. The third-order valence-electron chi connectivity index (χ3n) is 4.85. The Hall–Kier alpha value is -0.870. The van der Waals surface area contributed by atoms with Crippen LogP contribution in [0.5, 0.6) is 0 Å². The van der Waals surface area contributed by atoms with Crippen molar-refractivity contribution in [1.82, 2.24) is 30.2 Å². The first-order valence-corrected chi connectivity index (χ1v) is 8.85. The molecule has 0 unspecified atom stereocenters. The van der Waals surface area contributed by atoms with Crippen LogP contribution in [-0.4, -0.2) is 78.9 Å². The van der Waals surface area contributed by atoms with Crippen molar-refractivity contribution in [1.29, 1.82) is 0 Å². The van der Waals surface area contributed by atoms with Crippen molar-refractivity contribution in [2.45, 2.75) is 26.8 Å². The molecule has 2 N–H and O–H groups in total. The van der Waals surface area contributed by atoms with Gasteiger partial charge in [0.25, 0.3) is 0 Å². The van der Waals surface area contributed by atoms with Gasteiger partial charge in [0.05, 0.1) is 5.69 Å². The lowest BCUT2D eigenvalue weighted by atomic mass is 10.2. The van der Waals surface area contributed by atoms with Crippen LogP contribution in [0.1, 0.15) is 23.4 Å². The van der Waals surface area contributed by atoms with Gasteiger partial charge in [0.15, 0.2) is 5.96 Å². The number of halogens is 1. The van der Waals surface area contributed by atoms with Crippen molar-refractivity contribution in [2.75, 3.05) is 53.4 Å². The molecule has 8 heteroatoms. The van der Waals surface area contributed by atoms with Crippen LogP contribution < -0.4 is 10.6 Å². The second-order valence-corrected chi connectivity index (χ2v) is 6.62. The standard InChI is InChI=1S/C17H33N7.HI/c1-14-16(15(2)23(5)21-14)13-20-17(18-3)19-7-10-24-9-6-8-22(4)11-12-24;/h6-13H2,1-5H3,(H2,18,19,20);1H. The topological polar surface area (TPSA) is 60.7 Å². The Morgan fingerprint density at radius 2 is 1.88 bits per heavy atom. The number of hydrogen-bond acceptors (Lipinski definition) is 4. The van der Waals surface area contributed by atoms with E-state index in [0.717, 1.165) is 44.4 Å². The Bertz CT molecular complexity index is 555. The Morgan fingerprint density at radius 3 is 2.52 bits per heavy atom. The highest BCUT2D eigenvalue weighted by atomic mass is 127. The monoisotopic (exact) mass is 463 g/mol. The Morgan fingerprint density at radius 1 is 1.12 bits per heavy atom. The Kier molecular flexibility index (Phi) is 9.73. The zero-order valence-electron chi connectivity index (χ0n) is 16.3. The molecule has 0 aromatic carbocycles. The Labute approximate surface area is 169 Å². The number of aliphatic imine (C=N–C) groups is 1. The fourth-order valence-electron chi connectivity index (χ4n) is 3.12. The molecule has 1 saturated heterocycles. The molecule has 1 aromatic rings. The number of likely N-dealkylation sites (N-methyl/N-ethyl adjacent to an activating group) is 1. The summed E-state index contributed by atoms with van der Waals surface area (Å²) in [5.41, 5.74) is 3.52. The molecule has 1 aliphatic heterocycles. The summed E-state index contributed by atoms with van der Waals surface area (Å²) < 4.78 is 1.93. The lowest BCUT2D eigenvalue weighted by molar-refractivity contribution is 0.280. The van der Waals surface area contributed by atoms with E-state index in [0.29, 0.717) is 0 Å². The van der Waals surface area contributed by atoms with Gasteiger partial charge in [-0.3, -0.25) is 9.67 Å². The first-order chi connectivity index (χ1) is 11.5.